The van der Waals surface area contributed by atoms with Crippen molar-refractivity contribution in [2.75, 3.05) is 58.2 Å². The lowest BCUT2D eigenvalue weighted by Gasteiger charge is -2.29. The summed E-state index contributed by atoms with van der Waals surface area (Å²) in [6.07, 6.45) is 0. The summed E-state index contributed by atoms with van der Waals surface area (Å²) >= 11 is 0. The number of rotatable bonds is 6. The Labute approximate surface area is 164 Å². The molecule has 2 N–H and O–H groups in total. The fraction of sp³-hybridized carbons (Fsp3) is 0.611. The number of aryl methyl sites for hydroxylation is 3. The van der Waals surface area contributed by atoms with E-state index in [0.717, 1.165) is 56.1 Å². The van der Waals surface area contributed by atoms with Crippen LogP contribution in [0.2, 0.25) is 0 Å². The normalized spacial score (nSPS) is 14.6. The van der Waals surface area contributed by atoms with Crippen molar-refractivity contribution in [3.8, 4) is 0 Å². The number of halogens is 2. The Morgan fingerprint density at radius 3 is 2.28 bits per heavy atom. The topological polar surface area (TPSA) is 47.6 Å². The Morgan fingerprint density at radius 2 is 1.72 bits per heavy atom. The molecule has 5 nitrogen and oxygen atoms in total. The lowest BCUT2D eigenvalue weighted by molar-refractivity contribution is -0.117. The molecule has 0 spiro atoms. The molecule has 0 aliphatic carbocycles. The van der Waals surface area contributed by atoms with Crippen LogP contribution in [0.25, 0.3) is 0 Å². The highest BCUT2D eigenvalue weighted by Crippen LogP contribution is 2.21. The molecular formula is C18H32Cl2N4O. The predicted octanol–water partition coefficient (Wildman–Crippen LogP) is 2.23. The molecule has 2 rings (SSSR count). The zero-order valence-electron chi connectivity index (χ0n) is 15.7. The van der Waals surface area contributed by atoms with E-state index >= 15 is 0 Å². The first-order chi connectivity index (χ1) is 11.0. The number of carbonyl (C=O) groups is 1. The van der Waals surface area contributed by atoms with Gasteiger partial charge in [-0.25, -0.2) is 0 Å². The van der Waals surface area contributed by atoms with Crippen molar-refractivity contribution >= 4 is 36.4 Å². The molecule has 1 aromatic carbocycles. The third-order valence-electron chi connectivity index (χ3n) is 4.36. The van der Waals surface area contributed by atoms with Gasteiger partial charge in [-0.05, 0) is 38.9 Å². The van der Waals surface area contributed by atoms with E-state index in [9.17, 15) is 4.79 Å². The molecule has 1 heterocycles. The summed E-state index contributed by atoms with van der Waals surface area (Å²) in [6.45, 7) is 12.9. The van der Waals surface area contributed by atoms with Crippen LogP contribution in [0.3, 0.4) is 0 Å². The fourth-order valence-electron chi connectivity index (χ4n) is 3.13. The summed E-state index contributed by atoms with van der Waals surface area (Å²) in [7, 11) is 2.01. The molecule has 1 aliphatic heterocycles. The highest BCUT2D eigenvalue weighted by atomic mass is 35.5. The lowest BCUT2D eigenvalue weighted by Crippen LogP contribution is -2.46. The van der Waals surface area contributed by atoms with Crippen molar-refractivity contribution < 1.29 is 4.79 Å². The maximum Gasteiger partial charge on any atom is 0.238 e. The van der Waals surface area contributed by atoms with Crippen molar-refractivity contribution in [1.82, 2.24) is 15.1 Å². The third kappa shape index (κ3) is 7.92. The van der Waals surface area contributed by atoms with Gasteiger partial charge in [0.15, 0.2) is 0 Å². The number of benzene rings is 1. The van der Waals surface area contributed by atoms with Gasteiger partial charge in [-0.1, -0.05) is 17.7 Å². The molecule has 1 aliphatic rings. The average Bonchev–Trinajstić information content (AvgIpc) is 2.50. The second kappa shape index (κ2) is 11.7. The first-order valence-corrected chi connectivity index (χ1v) is 8.45. The number of amides is 1. The van der Waals surface area contributed by atoms with Gasteiger partial charge >= 0.3 is 0 Å². The minimum absolute atomic E-state index is 0. The smallest absolute Gasteiger partial charge is 0.238 e. The summed E-state index contributed by atoms with van der Waals surface area (Å²) in [5.74, 6) is 0.0582. The summed E-state index contributed by atoms with van der Waals surface area (Å²) < 4.78 is 0. The first kappa shape index (κ1) is 24.1. The molecule has 25 heavy (non-hydrogen) atoms. The molecule has 0 saturated carbocycles. The number of likely N-dealkylation sites (N-methyl/N-ethyl adjacent to an activating group) is 1. The third-order valence-corrected chi connectivity index (χ3v) is 4.36. The summed E-state index contributed by atoms with van der Waals surface area (Å²) in [4.78, 5) is 16.8. The largest absolute Gasteiger partial charge is 0.324 e. The Bertz CT molecular complexity index is 525. The number of anilines is 1. The second-order valence-electron chi connectivity index (χ2n) is 6.65. The van der Waals surface area contributed by atoms with Crippen molar-refractivity contribution in [3.63, 3.8) is 0 Å². The minimum Gasteiger partial charge on any atom is -0.324 e. The molecule has 0 radical (unpaired) electrons. The molecule has 7 heteroatoms. The van der Waals surface area contributed by atoms with E-state index in [2.05, 4.69) is 39.5 Å². The first-order valence-electron chi connectivity index (χ1n) is 8.45. The Morgan fingerprint density at radius 1 is 1.16 bits per heavy atom. The van der Waals surface area contributed by atoms with E-state index in [0.29, 0.717) is 6.54 Å². The van der Waals surface area contributed by atoms with Crippen LogP contribution >= 0.6 is 24.8 Å². The molecule has 1 aromatic rings. The van der Waals surface area contributed by atoms with E-state index < -0.39 is 0 Å². The van der Waals surface area contributed by atoms with E-state index in [1.807, 2.05) is 20.9 Å². The van der Waals surface area contributed by atoms with Crippen LogP contribution in [0.1, 0.15) is 16.7 Å². The summed E-state index contributed by atoms with van der Waals surface area (Å²) in [6, 6.07) is 4.22. The van der Waals surface area contributed by atoms with Crippen LogP contribution in [0, 0.1) is 20.8 Å². The highest BCUT2D eigenvalue weighted by Gasteiger charge is 2.13. The van der Waals surface area contributed by atoms with Gasteiger partial charge < -0.3 is 10.6 Å². The fourth-order valence-corrected chi connectivity index (χ4v) is 3.13. The van der Waals surface area contributed by atoms with Gasteiger partial charge in [0.2, 0.25) is 5.91 Å². The van der Waals surface area contributed by atoms with Crippen LogP contribution in [0.5, 0.6) is 0 Å². The monoisotopic (exact) mass is 390 g/mol. The lowest BCUT2D eigenvalue weighted by atomic mass is 10.1. The number of piperazine rings is 1. The molecule has 0 atom stereocenters. The van der Waals surface area contributed by atoms with Gasteiger partial charge in [0.05, 0.1) is 6.54 Å². The van der Waals surface area contributed by atoms with Gasteiger partial charge in [0, 0.05) is 45.0 Å². The zero-order chi connectivity index (χ0) is 16.8. The Balaban J connectivity index is 0.00000288. The molecule has 0 unspecified atom stereocenters. The van der Waals surface area contributed by atoms with E-state index in [1.165, 1.54) is 5.56 Å². The number of hydrogen-bond acceptors (Lipinski definition) is 4. The molecule has 1 saturated heterocycles. The van der Waals surface area contributed by atoms with Crippen molar-refractivity contribution in [2.24, 2.45) is 0 Å². The Kier molecular flexibility index (Phi) is 11.3. The highest BCUT2D eigenvalue weighted by molar-refractivity contribution is 5.93. The molecule has 0 aromatic heterocycles. The SMILES string of the molecule is Cc1cc(C)c(NC(=O)CN(C)CCN2CCNCC2)c(C)c1.Cl.Cl. The maximum absolute atomic E-state index is 12.3. The zero-order valence-corrected chi connectivity index (χ0v) is 17.4. The summed E-state index contributed by atoms with van der Waals surface area (Å²) in [5, 5.41) is 6.43. The van der Waals surface area contributed by atoms with Crippen LogP contribution in [0.15, 0.2) is 12.1 Å². The maximum atomic E-state index is 12.3. The standard InChI is InChI=1S/C18H30N4O.2ClH/c1-14-11-15(2)18(16(3)12-14)20-17(23)13-21(4)9-10-22-7-5-19-6-8-22;;/h11-12,19H,5-10,13H2,1-4H3,(H,20,23);2*1H. The molecule has 1 amide bonds. The molecule has 144 valence electrons. The molecular weight excluding hydrogens is 359 g/mol. The van der Waals surface area contributed by atoms with E-state index in [4.69, 9.17) is 0 Å². The van der Waals surface area contributed by atoms with Crippen molar-refractivity contribution in [2.45, 2.75) is 20.8 Å². The van der Waals surface area contributed by atoms with Gasteiger partial charge in [-0.2, -0.15) is 0 Å². The van der Waals surface area contributed by atoms with Crippen LogP contribution in [0.4, 0.5) is 5.69 Å². The molecule has 0 bridgehead atoms. The number of hydrogen-bond donors (Lipinski definition) is 2. The van der Waals surface area contributed by atoms with Gasteiger partial charge in [0.25, 0.3) is 0 Å². The quantitative estimate of drug-likeness (QED) is 0.781. The predicted molar refractivity (Wildman–Crippen MR) is 111 cm³/mol. The second-order valence-corrected chi connectivity index (χ2v) is 6.65. The average molecular weight is 391 g/mol. The summed E-state index contributed by atoms with van der Waals surface area (Å²) in [5.41, 5.74) is 4.43. The van der Waals surface area contributed by atoms with Gasteiger partial charge in [-0.15, -0.1) is 24.8 Å². The number of carbonyl (C=O) groups excluding carboxylic acids is 1. The van der Waals surface area contributed by atoms with Gasteiger partial charge in [-0.3, -0.25) is 14.6 Å². The van der Waals surface area contributed by atoms with Crippen molar-refractivity contribution in [1.29, 1.82) is 0 Å². The van der Waals surface area contributed by atoms with Crippen LogP contribution in [-0.4, -0.2) is 68.6 Å². The van der Waals surface area contributed by atoms with Crippen molar-refractivity contribution in [3.05, 3.63) is 28.8 Å². The van der Waals surface area contributed by atoms with E-state index in [1.54, 1.807) is 0 Å². The number of nitrogens with zero attached hydrogens (tertiary/aromatic N) is 2. The number of nitrogens with one attached hydrogen (secondary N) is 2. The van der Waals surface area contributed by atoms with Crippen LogP contribution < -0.4 is 10.6 Å². The van der Waals surface area contributed by atoms with Crippen LogP contribution in [-0.2, 0) is 4.79 Å². The molecule has 1 fully saturated rings. The minimum atomic E-state index is 0. The Hall–Kier alpha value is -0.850. The van der Waals surface area contributed by atoms with Gasteiger partial charge in [0.1, 0.15) is 0 Å². The van der Waals surface area contributed by atoms with E-state index in [-0.39, 0.29) is 30.7 Å².